The maximum absolute atomic E-state index is 4.44. The lowest BCUT2D eigenvalue weighted by Crippen LogP contribution is -1.96. The first-order valence-electron chi connectivity index (χ1n) is 5.64. The smallest absolute Gasteiger partial charge is 0.126 e. The zero-order valence-electron chi connectivity index (χ0n) is 8.96. The van der Waals surface area contributed by atoms with E-state index in [0.29, 0.717) is 21.9 Å². The molecule has 0 aliphatic heterocycles. The van der Waals surface area contributed by atoms with E-state index in [2.05, 4.69) is 59.5 Å². The van der Waals surface area contributed by atoms with Gasteiger partial charge in [0.05, 0.1) is 11.0 Å². The second kappa shape index (κ2) is 3.27. The lowest BCUT2D eigenvalue weighted by molar-refractivity contribution is 0.805. The largest absolute Gasteiger partial charge is 0.237 e. The van der Waals surface area contributed by atoms with Crippen molar-refractivity contribution >= 4 is 36.3 Å². The fourth-order valence-corrected chi connectivity index (χ4v) is 3.23. The second-order valence-corrected chi connectivity index (χ2v) is 5.52. The molecular weight excluding hydrogens is 248 g/mol. The van der Waals surface area contributed by atoms with Crippen molar-refractivity contribution in [2.75, 3.05) is 0 Å². The van der Waals surface area contributed by atoms with Crippen LogP contribution in [0.15, 0.2) is 34.3 Å². The van der Waals surface area contributed by atoms with E-state index in [4.69, 9.17) is 0 Å². The van der Waals surface area contributed by atoms with Gasteiger partial charge in [0.1, 0.15) is 10.1 Å². The topological polar surface area (TPSA) is 25.8 Å². The highest BCUT2D eigenvalue weighted by molar-refractivity contribution is 7.83. The summed E-state index contributed by atoms with van der Waals surface area (Å²) in [7, 11) is 0. The van der Waals surface area contributed by atoms with E-state index in [-0.39, 0.29) is 0 Å². The van der Waals surface area contributed by atoms with Gasteiger partial charge in [0.15, 0.2) is 0 Å². The van der Waals surface area contributed by atoms with Crippen LogP contribution in [0.1, 0.15) is 29.4 Å². The molecule has 84 valence electrons. The van der Waals surface area contributed by atoms with Crippen molar-refractivity contribution < 1.29 is 0 Å². The van der Waals surface area contributed by atoms with Gasteiger partial charge >= 0.3 is 0 Å². The van der Waals surface area contributed by atoms with Crippen molar-refractivity contribution in [3.05, 3.63) is 35.4 Å². The molecular formula is C13H10N2S2. The minimum Gasteiger partial charge on any atom is -0.237 e. The summed E-state index contributed by atoms with van der Waals surface area (Å²) in [5.41, 5.74) is 4.68. The predicted octanol–water partition coefficient (Wildman–Crippen LogP) is 3.35. The van der Waals surface area contributed by atoms with Crippen LogP contribution in [0.5, 0.6) is 0 Å². The van der Waals surface area contributed by atoms with E-state index in [1.54, 1.807) is 0 Å². The molecule has 0 amide bonds. The Labute approximate surface area is 110 Å². The molecule has 0 N–H and O–H groups in total. The van der Waals surface area contributed by atoms with Gasteiger partial charge in [-0.25, -0.2) is 9.97 Å². The molecule has 2 aliphatic carbocycles. The summed E-state index contributed by atoms with van der Waals surface area (Å²) in [4.78, 5) is 8.87. The molecule has 0 spiro atoms. The summed E-state index contributed by atoms with van der Waals surface area (Å²) in [6, 6.07) is 4.33. The standard InChI is InChI=1S/C13H10N2S2/c16-12-13(17)15-11-5-9-7-2-1-6(3-7)8(9)4-10(11)14-12/h1-2,4-7H,3H2,(H,14,16)(H,15,17). The van der Waals surface area contributed by atoms with Crippen LogP contribution in [-0.4, -0.2) is 9.97 Å². The van der Waals surface area contributed by atoms with Crippen molar-refractivity contribution in [3.8, 4) is 0 Å². The average molecular weight is 258 g/mol. The Morgan fingerprint density at radius 3 is 1.82 bits per heavy atom. The molecule has 0 saturated carbocycles. The maximum atomic E-state index is 4.44. The number of benzene rings is 1. The molecule has 0 fully saturated rings. The third-order valence-electron chi connectivity index (χ3n) is 3.72. The minimum absolute atomic E-state index is 0.584. The van der Waals surface area contributed by atoms with Gasteiger partial charge in [-0.15, -0.1) is 25.3 Å². The number of aromatic nitrogens is 2. The van der Waals surface area contributed by atoms with Crippen molar-refractivity contribution in [3.63, 3.8) is 0 Å². The van der Waals surface area contributed by atoms with E-state index in [9.17, 15) is 0 Å². The molecule has 4 rings (SSSR count). The number of fused-ring (bicyclic) bond motifs is 6. The van der Waals surface area contributed by atoms with Crippen LogP contribution in [-0.2, 0) is 0 Å². The number of hydrogen-bond donors (Lipinski definition) is 2. The molecule has 4 heteroatoms. The van der Waals surface area contributed by atoms with Crippen LogP contribution in [0, 0.1) is 0 Å². The summed E-state index contributed by atoms with van der Waals surface area (Å²) >= 11 is 8.54. The highest BCUT2D eigenvalue weighted by Gasteiger charge is 2.33. The van der Waals surface area contributed by atoms with Crippen molar-refractivity contribution in [1.29, 1.82) is 0 Å². The SMILES string of the molecule is Sc1nc2cc3c(cc2nc1S)C1C=CC3C1. The lowest BCUT2D eigenvalue weighted by atomic mass is 9.96. The zero-order chi connectivity index (χ0) is 11.6. The third kappa shape index (κ3) is 1.31. The van der Waals surface area contributed by atoms with Crippen molar-refractivity contribution in [2.24, 2.45) is 0 Å². The molecule has 0 radical (unpaired) electrons. The Kier molecular flexibility index (Phi) is 1.92. The van der Waals surface area contributed by atoms with Gasteiger partial charge in [-0.2, -0.15) is 0 Å². The molecule has 2 bridgehead atoms. The molecule has 17 heavy (non-hydrogen) atoms. The minimum atomic E-state index is 0.584. The average Bonchev–Trinajstić information content (AvgIpc) is 2.89. The Balaban J connectivity index is 2.05. The van der Waals surface area contributed by atoms with E-state index in [0.717, 1.165) is 11.0 Å². The Morgan fingerprint density at radius 2 is 1.35 bits per heavy atom. The molecule has 2 aromatic rings. The van der Waals surface area contributed by atoms with Crippen LogP contribution in [0.25, 0.3) is 11.0 Å². The predicted molar refractivity (Wildman–Crippen MR) is 73.3 cm³/mol. The molecule has 2 aliphatic rings. The van der Waals surface area contributed by atoms with Crippen LogP contribution < -0.4 is 0 Å². The fourth-order valence-electron chi connectivity index (χ4n) is 2.92. The van der Waals surface area contributed by atoms with E-state index in [1.807, 2.05) is 0 Å². The summed E-state index contributed by atoms with van der Waals surface area (Å²) in [5.74, 6) is 1.17. The molecule has 2 unspecified atom stereocenters. The summed E-state index contributed by atoms with van der Waals surface area (Å²) < 4.78 is 0. The molecule has 1 heterocycles. The first kappa shape index (κ1) is 9.97. The highest BCUT2D eigenvalue weighted by Crippen LogP contribution is 2.49. The Morgan fingerprint density at radius 1 is 0.882 bits per heavy atom. The van der Waals surface area contributed by atoms with Gasteiger partial charge < -0.3 is 0 Å². The van der Waals surface area contributed by atoms with Gasteiger partial charge in [-0.05, 0) is 29.7 Å². The van der Waals surface area contributed by atoms with Crippen LogP contribution in [0.2, 0.25) is 0 Å². The molecule has 0 saturated heterocycles. The normalized spacial score (nSPS) is 24.6. The van der Waals surface area contributed by atoms with Crippen LogP contribution >= 0.6 is 25.3 Å². The van der Waals surface area contributed by atoms with Crippen LogP contribution in [0.4, 0.5) is 0 Å². The Bertz CT molecular complexity index is 622. The number of nitrogens with zero attached hydrogens (tertiary/aromatic N) is 2. The van der Waals surface area contributed by atoms with E-state index >= 15 is 0 Å². The van der Waals surface area contributed by atoms with Gasteiger partial charge in [-0.3, -0.25) is 0 Å². The first-order valence-corrected chi connectivity index (χ1v) is 6.53. The van der Waals surface area contributed by atoms with E-state index in [1.165, 1.54) is 17.5 Å². The highest BCUT2D eigenvalue weighted by atomic mass is 32.1. The third-order valence-corrected chi connectivity index (χ3v) is 4.52. The van der Waals surface area contributed by atoms with Gasteiger partial charge in [0, 0.05) is 11.8 Å². The molecule has 2 nitrogen and oxygen atoms in total. The number of rotatable bonds is 0. The molecule has 1 aromatic carbocycles. The molecule has 2 atom stereocenters. The lowest BCUT2D eigenvalue weighted by Gasteiger charge is -2.11. The summed E-state index contributed by atoms with van der Waals surface area (Å²) in [5, 5.41) is 1.19. The number of hydrogen-bond acceptors (Lipinski definition) is 4. The van der Waals surface area contributed by atoms with Gasteiger partial charge in [-0.1, -0.05) is 12.2 Å². The van der Waals surface area contributed by atoms with E-state index < -0.39 is 0 Å². The monoisotopic (exact) mass is 258 g/mol. The fraction of sp³-hybridized carbons (Fsp3) is 0.231. The van der Waals surface area contributed by atoms with Crippen LogP contribution in [0.3, 0.4) is 0 Å². The Hall–Kier alpha value is -1.000. The van der Waals surface area contributed by atoms with Gasteiger partial charge in [0.2, 0.25) is 0 Å². The van der Waals surface area contributed by atoms with Gasteiger partial charge in [0.25, 0.3) is 0 Å². The first-order chi connectivity index (χ1) is 8.22. The molecule has 1 aromatic heterocycles. The summed E-state index contributed by atoms with van der Waals surface area (Å²) in [6.07, 6.45) is 5.83. The quantitative estimate of drug-likeness (QED) is 0.560. The van der Waals surface area contributed by atoms with Crippen molar-refractivity contribution in [1.82, 2.24) is 9.97 Å². The number of allylic oxidation sites excluding steroid dienone is 2. The maximum Gasteiger partial charge on any atom is 0.126 e. The van der Waals surface area contributed by atoms with Crippen molar-refractivity contribution in [2.45, 2.75) is 28.3 Å². The number of thiol groups is 2. The second-order valence-electron chi connectivity index (χ2n) is 4.67. The zero-order valence-corrected chi connectivity index (χ0v) is 10.7. The summed E-state index contributed by atoms with van der Waals surface area (Å²) in [6.45, 7) is 0.